The van der Waals surface area contributed by atoms with E-state index < -0.39 is 5.97 Å². The van der Waals surface area contributed by atoms with E-state index >= 15 is 0 Å². The molecule has 160 valence electrons. The maximum atomic E-state index is 12.4. The second-order valence-electron chi connectivity index (χ2n) is 7.34. The molecule has 8 nitrogen and oxygen atoms in total. The van der Waals surface area contributed by atoms with Crippen LogP contribution in [-0.4, -0.2) is 72.5 Å². The highest BCUT2D eigenvalue weighted by Gasteiger charge is 2.24. The van der Waals surface area contributed by atoms with Crippen molar-refractivity contribution >= 4 is 17.9 Å². The minimum absolute atomic E-state index is 0.116. The molecule has 0 aliphatic carbocycles. The molecule has 1 aromatic rings. The number of nitrogens with one attached hydrogen (secondary N) is 1. The minimum Gasteiger partial charge on any atom is -0.465 e. The number of hydrogen-bond donors (Lipinski definition) is 1. The predicted octanol–water partition coefficient (Wildman–Crippen LogP) is 1.85. The number of hydrogen-bond acceptors (Lipinski definition) is 5. The van der Waals surface area contributed by atoms with Gasteiger partial charge in [0.1, 0.15) is 6.54 Å². The molecule has 0 bridgehead atoms. The Kier molecular flexibility index (Phi) is 9.40. The van der Waals surface area contributed by atoms with E-state index in [-0.39, 0.29) is 18.5 Å². The number of aromatic nitrogens is 1. The number of ether oxygens (including phenoxy) is 1. The van der Waals surface area contributed by atoms with Gasteiger partial charge in [0.15, 0.2) is 0 Å². The standard InChI is InChI=1S/C21H32N4O4/c1-3-29-20(27)15-23-21(28)25-13-6-7-17(16-25)9-10-19(26)24(2)14-11-18-8-4-5-12-22-18/h4-5,8,12,17H,3,6-7,9-11,13-16H2,1-2H3,(H,23,28). The van der Waals surface area contributed by atoms with Crippen LogP contribution in [0.25, 0.3) is 0 Å². The average molecular weight is 405 g/mol. The van der Waals surface area contributed by atoms with Crippen molar-refractivity contribution in [2.24, 2.45) is 5.92 Å². The summed E-state index contributed by atoms with van der Waals surface area (Å²) in [5.74, 6) is -0.0243. The Morgan fingerprint density at radius 1 is 1.34 bits per heavy atom. The molecule has 1 aliphatic rings. The summed E-state index contributed by atoms with van der Waals surface area (Å²) in [5, 5.41) is 2.60. The number of amides is 3. The zero-order valence-electron chi connectivity index (χ0n) is 17.4. The number of piperidine rings is 1. The van der Waals surface area contributed by atoms with Crippen LogP contribution < -0.4 is 5.32 Å². The van der Waals surface area contributed by atoms with Crippen molar-refractivity contribution in [1.82, 2.24) is 20.1 Å². The summed E-state index contributed by atoms with van der Waals surface area (Å²) in [6.07, 6.45) is 5.64. The predicted molar refractivity (Wildman–Crippen MR) is 109 cm³/mol. The average Bonchev–Trinajstić information content (AvgIpc) is 2.75. The van der Waals surface area contributed by atoms with Crippen molar-refractivity contribution in [3.63, 3.8) is 0 Å². The first-order valence-corrected chi connectivity index (χ1v) is 10.3. The highest BCUT2D eigenvalue weighted by molar-refractivity contribution is 5.81. The first-order valence-electron chi connectivity index (χ1n) is 10.3. The molecule has 1 saturated heterocycles. The summed E-state index contributed by atoms with van der Waals surface area (Å²) in [7, 11) is 1.82. The van der Waals surface area contributed by atoms with Crippen molar-refractivity contribution in [3.8, 4) is 0 Å². The summed E-state index contributed by atoms with van der Waals surface area (Å²) >= 11 is 0. The molecule has 1 atom stereocenters. The molecule has 2 rings (SSSR count). The van der Waals surface area contributed by atoms with Gasteiger partial charge in [-0.25, -0.2) is 4.79 Å². The van der Waals surface area contributed by atoms with Crippen LogP contribution in [-0.2, 0) is 20.7 Å². The summed E-state index contributed by atoms with van der Waals surface area (Å²) < 4.78 is 4.82. The molecule has 0 aromatic carbocycles. The number of carbonyl (C=O) groups excluding carboxylic acids is 3. The lowest BCUT2D eigenvalue weighted by Gasteiger charge is -2.33. The highest BCUT2D eigenvalue weighted by Crippen LogP contribution is 2.21. The molecule has 29 heavy (non-hydrogen) atoms. The van der Waals surface area contributed by atoms with Gasteiger partial charge in [-0.15, -0.1) is 0 Å². The van der Waals surface area contributed by atoms with E-state index in [1.54, 1.807) is 22.9 Å². The zero-order valence-corrected chi connectivity index (χ0v) is 17.4. The van der Waals surface area contributed by atoms with Crippen LogP contribution in [0.15, 0.2) is 24.4 Å². The van der Waals surface area contributed by atoms with Gasteiger partial charge >= 0.3 is 12.0 Å². The van der Waals surface area contributed by atoms with E-state index in [0.717, 1.165) is 31.4 Å². The van der Waals surface area contributed by atoms with Crippen LogP contribution >= 0.6 is 0 Å². The molecule has 0 saturated carbocycles. The van der Waals surface area contributed by atoms with Gasteiger partial charge < -0.3 is 19.9 Å². The molecule has 1 unspecified atom stereocenters. The maximum absolute atomic E-state index is 12.4. The van der Waals surface area contributed by atoms with E-state index in [0.29, 0.717) is 38.6 Å². The van der Waals surface area contributed by atoms with Gasteiger partial charge in [-0.1, -0.05) is 6.07 Å². The number of likely N-dealkylation sites (N-methyl/N-ethyl adjacent to an activating group) is 1. The van der Waals surface area contributed by atoms with Crippen molar-refractivity contribution in [2.45, 2.75) is 39.0 Å². The lowest BCUT2D eigenvalue weighted by molar-refractivity contribution is -0.141. The summed E-state index contributed by atoms with van der Waals surface area (Å²) in [6.45, 7) is 3.83. The summed E-state index contributed by atoms with van der Waals surface area (Å²) in [6, 6.07) is 5.54. The number of esters is 1. The van der Waals surface area contributed by atoms with Crippen molar-refractivity contribution < 1.29 is 19.1 Å². The second-order valence-corrected chi connectivity index (χ2v) is 7.34. The van der Waals surface area contributed by atoms with Gasteiger partial charge in [-0.05, 0) is 44.2 Å². The molecule has 2 heterocycles. The molecule has 3 amide bonds. The third kappa shape index (κ3) is 8.09. The van der Waals surface area contributed by atoms with Crippen molar-refractivity contribution in [3.05, 3.63) is 30.1 Å². The van der Waals surface area contributed by atoms with E-state index in [9.17, 15) is 14.4 Å². The largest absolute Gasteiger partial charge is 0.465 e. The Balaban J connectivity index is 1.69. The smallest absolute Gasteiger partial charge is 0.325 e. The first kappa shape index (κ1) is 22.6. The lowest BCUT2D eigenvalue weighted by Crippen LogP contribution is -2.47. The van der Waals surface area contributed by atoms with Crippen molar-refractivity contribution in [2.75, 3.05) is 39.8 Å². The normalized spacial score (nSPS) is 16.2. The first-order chi connectivity index (χ1) is 14.0. The quantitative estimate of drug-likeness (QED) is 0.634. The van der Waals surface area contributed by atoms with Gasteiger partial charge in [0.2, 0.25) is 5.91 Å². The molecule has 1 fully saturated rings. The van der Waals surface area contributed by atoms with Crippen molar-refractivity contribution in [1.29, 1.82) is 0 Å². The second kappa shape index (κ2) is 12.0. The molecule has 1 aromatic heterocycles. The Morgan fingerprint density at radius 3 is 2.90 bits per heavy atom. The summed E-state index contributed by atoms with van der Waals surface area (Å²) in [5.41, 5.74) is 0.976. The van der Waals surface area contributed by atoms with Crippen LogP contribution in [0.5, 0.6) is 0 Å². The molecule has 1 aliphatic heterocycles. The topological polar surface area (TPSA) is 91.8 Å². The molecule has 8 heteroatoms. The zero-order chi connectivity index (χ0) is 21.1. The van der Waals surface area contributed by atoms with Crippen LogP contribution in [0, 0.1) is 5.92 Å². The SMILES string of the molecule is CCOC(=O)CNC(=O)N1CCCC(CCC(=O)N(C)CCc2ccccn2)C1. The molecular formula is C21H32N4O4. The van der Waals surface area contributed by atoms with Gasteiger partial charge in [0.25, 0.3) is 0 Å². The van der Waals surface area contributed by atoms with E-state index in [1.165, 1.54) is 0 Å². The van der Waals surface area contributed by atoms with Crippen LogP contribution in [0.1, 0.15) is 38.3 Å². The van der Waals surface area contributed by atoms with Gasteiger partial charge in [-0.3, -0.25) is 14.6 Å². The van der Waals surface area contributed by atoms with Gasteiger partial charge in [-0.2, -0.15) is 0 Å². The van der Waals surface area contributed by atoms with E-state index in [2.05, 4.69) is 10.3 Å². The monoisotopic (exact) mass is 404 g/mol. The van der Waals surface area contributed by atoms with E-state index in [4.69, 9.17) is 4.74 Å². The third-order valence-electron chi connectivity index (χ3n) is 5.12. The van der Waals surface area contributed by atoms with Crippen LogP contribution in [0.2, 0.25) is 0 Å². The van der Waals surface area contributed by atoms with Gasteiger partial charge in [0.05, 0.1) is 6.61 Å². The van der Waals surface area contributed by atoms with Crippen LogP contribution in [0.4, 0.5) is 4.79 Å². The maximum Gasteiger partial charge on any atom is 0.325 e. The molecule has 0 spiro atoms. The molecule has 0 radical (unpaired) electrons. The fourth-order valence-corrected chi connectivity index (χ4v) is 3.43. The Hall–Kier alpha value is -2.64. The fourth-order valence-electron chi connectivity index (χ4n) is 3.43. The Morgan fingerprint density at radius 2 is 2.17 bits per heavy atom. The Bertz CT molecular complexity index is 668. The number of urea groups is 1. The fraction of sp³-hybridized carbons (Fsp3) is 0.619. The van der Waals surface area contributed by atoms with Gasteiger partial charge in [0, 0.05) is 51.4 Å². The number of carbonyl (C=O) groups is 3. The Labute approximate surface area is 172 Å². The number of nitrogens with zero attached hydrogens (tertiary/aromatic N) is 3. The van der Waals surface area contributed by atoms with E-state index in [1.807, 2.05) is 25.2 Å². The lowest BCUT2D eigenvalue weighted by atomic mass is 9.93. The summed E-state index contributed by atoms with van der Waals surface area (Å²) in [4.78, 5) is 43.8. The molecular weight excluding hydrogens is 372 g/mol. The molecule has 1 N–H and O–H groups in total. The minimum atomic E-state index is -0.436. The number of pyridine rings is 1. The van der Waals surface area contributed by atoms with Crippen LogP contribution in [0.3, 0.4) is 0 Å². The number of rotatable bonds is 9. The third-order valence-corrected chi connectivity index (χ3v) is 5.12. The highest BCUT2D eigenvalue weighted by atomic mass is 16.5. The number of likely N-dealkylation sites (tertiary alicyclic amines) is 1.